The van der Waals surface area contributed by atoms with E-state index in [9.17, 15) is 0 Å². The molecule has 0 aliphatic heterocycles. The van der Waals surface area contributed by atoms with Crippen LogP contribution in [0.5, 0.6) is 0 Å². The Balaban J connectivity index is 2.00. The average molecular weight is 343 g/mol. The van der Waals surface area contributed by atoms with Crippen molar-refractivity contribution in [3.8, 4) is 0 Å². The number of hydrogen-bond acceptors (Lipinski definition) is 1. The van der Waals surface area contributed by atoms with Gasteiger partial charge < -0.3 is 0 Å². The zero-order valence-electron chi connectivity index (χ0n) is 16.5. The lowest BCUT2D eigenvalue weighted by molar-refractivity contribution is 0.500. The zero-order valence-corrected chi connectivity index (χ0v) is 17.3. The number of rotatable bonds is 3. The summed E-state index contributed by atoms with van der Waals surface area (Å²) in [6.45, 7) is 14.1. The molecule has 1 aliphatic carbocycles. The van der Waals surface area contributed by atoms with Crippen molar-refractivity contribution in [1.29, 1.82) is 0 Å². The maximum absolute atomic E-state index is 2.45. The van der Waals surface area contributed by atoms with Crippen molar-refractivity contribution in [3.63, 3.8) is 0 Å². The van der Waals surface area contributed by atoms with E-state index >= 15 is 0 Å². The van der Waals surface area contributed by atoms with Gasteiger partial charge in [-0.1, -0.05) is 79.4 Å². The molecule has 0 atom stereocenters. The summed E-state index contributed by atoms with van der Waals surface area (Å²) in [7, 11) is 0. The van der Waals surface area contributed by atoms with Crippen molar-refractivity contribution in [1.82, 2.24) is 0 Å². The summed E-state index contributed by atoms with van der Waals surface area (Å²) in [6, 6.07) is 7.22. The van der Waals surface area contributed by atoms with Crippen LogP contribution >= 0.6 is 11.3 Å². The fourth-order valence-corrected chi connectivity index (χ4v) is 5.47. The molecule has 1 heteroatoms. The highest BCUT2D eigenvalue weighted by molar-refractivity contribution is 7.19. The van der Waals surface area contributed by atoms with Crippen LogP contribution in [0.25, 0.3) is 10.1 Å². The van der Waals surface area contributed by atoms with Crippen LogP contribution in [0.4, 0.5) is 0 Å². The van der Waals surface area contributed by atoms with Gasteiger partial charge in [-0.05, 0) is 52.2 Å². The van der Waals surface area contributed by atoms with Gasteiger partial charge in [0.2, 0.25) is 0 Å². The van der Waals surface area contributed by atoms with Gasteiger partial charge >= 0.3 is 0 Å². The Bertz CT molecular complexity index is 700. The van der Waals surface area contributed by atoms with Crippen LogP contribution in [0.2, 0.25) is 0 Å². The summed E-state index contributed by atoms with van der Waals surface area (Å²) >= 11 is 2.04. The number of benzene rings is 1. The van der Waals surface area contributed by atoms with Crippen LogP contribution < -0.4 is 0 Å². The molecule has 24 heavy (non-hydrogen) atoms. The number of hydrogen-bond donors (Lipinski definition) is 0. The normalized spacial score (nSPS) is 17.1. The Hall–Kier alpha value is -0.820. The molecule has 1 aliphatic rings. The molecule has 1 aromatic carbocycles. The molecule has 1 fully saturated rings. The van der Waals surface area contributed by atoms with Gasteiger partial charge in [0.25, 0.3) is 0 Å². The maximum Gasteiger partial charge on any atom is 0.0351 e. The van der Waals surface area contributed by atoms with Gasteiger partial charge in [-0.2, -0.15) is 0 Å². The van der Waals surface area contributed by atoms with Gasteiger partial charge in [0.15, 0.2) is 0 Å². The SMILES string of the molecule is CC(C)(C)c1ccc2c(CCC3CCCC3)c(C(C)(C)C)sc2c1. The first-order valence-corrected chi connectivity index (χ1v) is 10.5. The van der Waals surface area contributed by atoms with Crippen molar-refractivity contribution in [2.75, 3.05) is 0 Å². The number of thiophene rings is 1. The maximum atomic E-state index is 2.45. The largest absolute Gasteiger partial charge is 0.139 e. The van der Waals surface area contributed by atoms with E-state index in [1.165, 1.54) is 54.2 Å². The zero-order chi connectivity index (χ0) is 17.5. The summed E-state index contributed by atoms with van der Waals surface area (Å²) in [4.78, 5) is 1.61. The lowest BCUT2D eigenvalue weighted by atomic mass is 9.85. The molecule has 0 N–H and O–H groups in total. The monoisotopic (exact) mass is 342 g/mol. The van der Waals surface area contributed by atoms with E-state index < -0.39 is 0 Å². The minimum Gasteiger partial charge on any atom is -0.139 e. The molecule has 1 saturated carbocycles. The fourth-order valence-electron chi connectivity index (χ4n) is 4.12. The summed E-state index contributed by atoms with van der Waals surface area (Å²) in [5.41, 5.74) is 3.58. The molecule has 0 saturated heterocycles. The minimum absolute atomic E-state index is 0.226. The van der Waals surface area contributed by atoms with Gasteiger partial charge in [0.05, 0.1) is 0 Å². The van der Waals surface area contributed by atoms with E-state index in [0.717, 1.165) is 5.92 Å². The van der Waals surface area contributed by atoms with Gasteiger partial charge in [-0.15, -0.1) is 11.3 Å². The van der Waals surface area contributed by atoms with Crippen molar-refractivity contribution >= 4 is 21.4 Å². The first kappa shape index (κ1) is 18.0. The Labute approximate surface area is 152 Å². The molecule has 0 spiro atoms. The summed E-state index contributed by atoms with van der Waals surface area (Å²) in [5.74, 6) is 0.974. The van der Waals surface area contributed by atoms with Gasteiger partial charge in [-0.25, -0.2) is 0 Å². The topological polar surface area (TPSA) is 0 Å². The molecule has 0 amide bonds. The van der Waals surface area contributed by atoms with Crippen LogP contribution in [-0.2, 0) is 17.3 Å². The Morgan fingerprint density at radius 1 is 0.958 bits per heavy atom. The Morgan fingerprint density at radius 2 is 1.62 bits per heavy atom. The highest BCUT2D eigenvalue weighted by Gasteiger charge is 2.25. The third-order valence-electron chi connectivity index (χ3n) is 5.62. The van der Waals surface area contributed by atoms with Crippen molar-refractivity contribution < 1.29 is 0 Å². The predicted molar refractivity (Wildman–Crippen MR) is 110 cm³/mol. The quantitative estimate of drug-likeness (QED) is 0.538. The minimum atomic E-state index is 0.226. The average Bonchev–Trinajstić information content (AvgIpc) is 3.10. The standard InChI is InChI=1S/C23H34S/c1-22(2,3)17-12-14-18-19(13-11-16-9-7-8-10-16)21(23(4,5)6)24-20(18)15-17/h12,14-16H,7-11,13H2,1-6H3. The van der Waals surface area contributed by atoms with E-state index in [1.807, 2.05) is 11.3 Å². The molecule has 0 unspecified atom stereocenters. The van der Waals surface area contributed by atoms with Crippen molar-refractivity contribution in [2.24, 2.45) is 5.92 Å². The van der Waals surface area contributed by atoms with Crippen LogP contribution in [-0.4, -0.2) is 0 Å². The van der Waals surface area contributed by atoms with Gasteiger partial charge in [-0.3, -0.25) is 0 Å². The number of aryl methyl sites for hydroxylation is 1. The number of fused-ring (bicyclic) bond motifs is 1. The highest BCUT2D eigenvalue weighted by atomic mass is 32.1. The Kier molecular flexibility index (Phi) is 4.86. The molecule has 1 aromatic heterocycles. The van der Waals surface area contributed by atoms with Crippen molar-refractivity contribution in [2.45, 2.75) is 90.9 Å². The van der Waals surface area contributed by atoms with E-state index in [4.69, 9.17) is 0 Å². The van der Waals surface area contributed by atoms with Gasteiger partial charge in [0.1, 0.15) is 0 Å². The fraction of sp³-hybridized carbons (Fsp3) is 0.652. The lowest BCUT2D eigenvalue weighted by Crippen LogP contribution is -2.12. The summed E-state index contributed by atoms with van der Waals surface area (Å²) in [5, 5.41) is 1.52. The van der Waals surface area contributed by atoms with E-state index in [0.29, 0.717) is 0 Å². The summed E-state index contributed by atoms with van der Waals surface area (Å²) < 4.78 is 1.49. The molecule has 0 radical (unpaired) electrons. The molecular formula is C23H34S. The molecule has 3 rings (SSSR count). The third kappa shape index (κ3) is 3.72. The second kappa shape index (κ2) is 6.48. The van der Waals surface area contributed by atoms with Gasteiger partial charge in [0, 0.05) is 9.58 Å². The van der Waals surface area contributed by atoms with Crippen LogP contribution in [0.15, 0.2) is 18.2 Å². The van der Waals surface area contributed by atoms with Crippen LogP contribution in [0, 0.1) is 5.92 Å². The van der Waals surface area contributed by atoms with Crippen LogP contribution in [0.1, 0.15) is 89.7 Å². The van der Waals surface area contributed by atoms with E-state index in [-0.39, 0.29) is 10.8 Å². The molecule has 132 valence electrons. The summed E-state index contributed by atoms with van der Waals surface area (Å²) in [6.07, 6.45) is 8.48. The van der Waals surface area contributed by atoms with Crippen molar-refractivity contribution in [3.05, 3.63) is 34.2 Å². The molecule has 0 nitrogen and oxygen atoms in total. The second-order valence-electron chi connectivity index (χ2n) is 9.81. The highest BCUT2D eigenvalue weighted by Crippen LogP contribution is 2.42. The Morgan fingerprint density at radius 3 is 2.21 bits per heavy atom. The molecular weight excluding hydrogens is 308 g/mol. The lowest BCUT2D eigenvalue weighted by Gasteiger charge is -2.20. The molecule has 1 heterocycles. The van der Waals surface area contributed by atoms with Crippen LogP contribution in [0.3, 0.4) is 0 Å². The van der Waals surface area contributed by atoms with E-state index in [1.54, 1.807) is 10.4 Å². The predicted octanol–water partition coefficient (Wildman–Crippen LogP) is 7.62. The first-order chi connectivity index (χ1) is 11.2. The smallest absolute Gasteiger partial charge is 0.0351 e. The molecule has 0 bridgehead atoms. The second-order valence-corrected chi connectivity index (χ2v) is 10.9. The first-order valence-electron chi connectivity index (χ1n) is 9.72. The third-order valence-corrected chi connectivity index (χ3v) is 7.24. The molecule has 2 aromatic rings. The van der Waals surface area contributed by atoms with E-state index in [2.05, 4.69) is 59.7 Å².